The predicted octanol–water partition coefficient (Wildman–Crippen LogP) is 7.33. The van der Waals surface area contributed by atoms with Gasteiger partial charge in [0.05, 0.1) is 0 Å². The second-order valence-corrected chi connectivity index (χ2v) is 9.62. The molecule has 1 fully saturated rings. The van der Waals surface area contributed by atoms with E-state index in [0.29, 0.717) is 18.4 Å². The molecule has 0 saturated heterocycles. The zero-order valence-corrected chi connectivity index (χ0v) is 19.2. The number of fused-ring (bicyclic) bond motifs is 1. The number of hydrogen-bond donors (Lipinski definition) is 2. The van der Waals surface area contributed by atoms with Gasteiger partial charge in [-0.25, -0.2) is 4.79 Å². The van der Waals surface area contributed by atoms with E-state index in [1.807, 2.05) is 0 Å². The van der Waals surface area contributed by atoms with Crippen LogP contribution in [0.3, 0.4) is 0 Å². The van der Waals surface area contributed by atoms with Gasteiger partial charge in [0.2, 0.25) is 0 Å². The Bertz CT molecular complexity index is 1050. The standard InChI is InChI=1S/C28H34N2O/c1-19(2)24-11-7-12-25(20(3)4)26(24)30-27(31)29-18-28(15-8-16-28)23-14-13-21-9-5-6-10-22(21)17-23/h5-7,9-14,17,19-20H,8,15-16,18H2,1-4H3,(H2,29,30,31). The molecule has 31 heavy (non-hydrogen) atoms. The van der Waals surface area contributed by atoms with Crippen LogP contribution in [-0.4, -0.2) is 12.6 Å². The van der Waals surface area contributed by atoms with Crippen molar-refractivity contribution in [2.24, 2.45) is 0 Å². The molecule has 0 radical (unpaired) electrons. The molecule has 3 aromatic carbocycles. The molecule has 4 rings (SSSR count). The van der Waals surface area contributed by atoms with Gasteiger partial charge in [0.1, 0.15) is 0 Å². The molecule has 0 bridgehead atoms. The number of carbonyl (C=O) groups excluding carboxylic acids is 1. The van der Waals surface area contributed by atoms with Crippen LogP contribution in [0.4, 0.5) is 10.5 Å². The molecule has 162 valence electrons. The highest BCUT2D eigenvalue weighted by Crippen LogP contribution is 2.44. The Morgan fingerprint density at radius 1 is 0.871 bits per heavy atom. The van der Waals surface area contributed by atoms with Crippen molar-refractivity contribution in [2.75, 3.05) is 11.9 Å². The lowest BCUT2D eigenvalue weighted by molar-refractivity contribution is 0.222. The molecule has 2 amide bonds. The van der Waals surface area contributed by atoms with Gasteiger partial charge < -0.3 is 10.6 Å². The van der Waals surface area contributed by atoms with Gasteiger partial charge in [-0.15, -0.1) is 0 Å². The summed E-state index contributed by atoms with van der Waals surface area (Å²) in [5.41, 5.74) is 4.73. The van der Waals surface area contributed by atoms with Gasteiger partial charge in [0, 0.05) is 17.6 Å². The van der Waals surface area contributed by atoms with Crippen molar-refractivity contribution in [2.45, 2.75) is 64.2 Å². The van der Waals surface area contributed by atoms with E-state index < -0.39 is 0 Å². The lowest BCUT2D eigenvalue weighted by atomic mass is 9.64. The Morgan fingerprint density at radius 2 is 1.52 bits per heavy atom. The SMILES string of the molecule is CC(C)c1cccc(C(C)C)c1NC(=O)NCC1(c2ccc3ccccc3c2)CCC1. The summed E-state index contributed by atoms with van der Waals surface area (Å²) < 4.78 is 0. The van der Waals surface area contributed by atoms with E-state index in [-0.39, 0.29) is 11.4 Å². The molecule has 0 atom stereocenters. The predicted molar refractivity (Wildman–Crippen MR) is 131 cm³/mol. The Balaban J connectivity index is 1.52. The highest BCUT2D eigenvalue weighted by Gasteiger charge is 2.39. The van der Waals surface area contributed by atoms with E-state index in [1.165, 1.54) is 33.9 Å². The monoisotopic (exact) mass is 414 g/mol. The summed E-state index contributed by atoms with van der Waals surface area (Å²) in [5, 5.41) is 8.93. The number of urea groups is 1. The maximum Gasteiger partial charge on any atom is 0.319 e. The van der Waals surface area contributed by atoms with Gasteiger partial charge in [-0.05, 0) is 52.1 Å². The van der Waals surface area contributed by atoms with Crippen molar-refractivity contribution in [1.82, 2.24) is 5.32 Å². The van der Waals surface area contributed by atoms with Crippen molar-refractivity contribution in [1.29, 1.82) is 0 Å². The zero-order chi connectivity index (χ0) is 22.0. The molecule has 2 N–H and O–H groups in total. The maximum absolute atomic E-state index is 13.0. The molecule has 1 aliphatic rings. The number of para-hydroxylation sites is 1. The molecule has 3 heteroatoms. The Morgan fingerprint density at radius 3 is 2.10 bits per heavy atom. The summed E-state index contributed by atoms with van der Waals surface area (Å²) in [7, 11) is 0. The third kappa shape index (κ3) is 4.32. The average molecular weight is 415 g/mol. The second kappa shape index (κ2) is 8.74. The quantitative estimate of drug-likeness (QED) is 0.435. The lowest BCUT2D eigenvalue weighted by Gasteiger charge is -2.42. The number of anilines is 1. The van der Waals surface area contributed by atoms with Crippen molar-refractivity contribution < 1.29 is 4.79 Å². The number of amides is 2. The highest BCUT2D eigenvalue weighted by molar-refractivity contribution is 5.91. The van der Waals surface area contributed by atoms with E-state index in [1.54, 1.807) is 0 Å². The third-order valence-electron chi connectivity index (χ3n) is 6.87. The first kappa shape index (κ1) is 21.4. The largest absolute Gasteiger partial charge is 0.337 e. The third-order valence-corrected chi connectivity index (χ3v) is 6.87. The molecule has 1 aliphatic carbocycles. The van der Waals surface area contributed by atoms with Crippen LogP contribution in [0.5, 0.6) is 0 Å². The molecular weight excluding hydrogens is 380 g/mol. The summed E-state index contributed by atoms with van der Waals surface area (Å²) in [5.74, 6) is 0.703. The van der Waals surface area contributed by atoms with E-state index >= 15 is 0 Å². The molecule has 3 nitrogen and oxygen atoms in total. The number of rotatable bonds is 6. The fourth-order valence-corrected chi connectivity index (χ4v) is 4.79. The minimum atomic E-state index is -0.109. The van der Waals surface area contributed by atoms with Gasteiger partial charge in [-0.3, -0.25) is 0 Å². The minimum absolute atomic E-state index is 0.0415. The lowest BCUT2D eigenvalue weighted by Crippen LogP contribution is -2.46. The molecule has 0 heterocycles. The minimum Gasteiger partial charge on any atom is -0.337 e. The first-order valence-corrected chi connectivity index (χ1v) is 11.6. The topological polar surface area (TPSA) is 41.1 Å². The summed E-state index contributed by atoms with van der Waals surface area (Å²) >= 11 is 0. The van der Waals surface area contributed by atoms with E-state index in [0.717, 1.165) is 18.5 Å². The maximum atomic E-state index is 13.0. The molecule has 0 aliphatic heterocycles. The molecule has 0 spiro atoms. The second-order valence-electron chi connectivity index (χ2n) is 9.62. The van der Waals surface area contributed by atoms with Crippen LogP contribution in [0.15, 0.2) is 60.7 Å². The Kier molecular flexibility index (Phi) is 6.04. The van der Waals surface area contributed by atoms with Gasteiger partial charge in [-0.2, -0.15) is 0 Å². The molecule has 1 saturated carbocycles. The van der Waals surface area contributed by atoms with Crippen LogP contribution < -0.4 is 10.6 Å². The van der Waals surface area contributed by atoms with Crippen LogP contribution in [0.1, 0.15) is 75.5 Å². The molecule has 3 aromatic rings. The molecule has 0 aromatic heterocycles. The molecule has 0 unspecified atom stereocenters. The van der Waals surface area contributed by atoms with Gasteiger partial charge >= 0.3 is 6.03 Å². The van der Waals surface area contributed by atoms with Gasteiger partial charge in [0.15, 0.2) is 0 Å². The number of hydrogen-bond acceptors (Lipinski definition) is 1. The summed E-state index contributed by atoms with van der Waals surface area (Å²) in [6.45, 7) is 9.35. The van der Waals surface area contributed by atoms with E-state index in [4.69, 9.17) is 0 Å². The fourth-order valence-electron chi connectivity index (χ4n) is 4.79. The van der Waals surface area contributed by atoms with Crippen LogP contribution in [0, 0.1) is 0 Å². The van der Waals surface area contributed by atoms with Crippen molar-refractivity contribution >= 4 is 22.5 Å². The highest BCUT2D eigenvalue weighted by atomic mass is 16.2. The summed E-state index contributed by atoms with van der Waals surface area (Å²) in [6.07, 6.45) is 3.45. The Hall–Kier alpha value is -2.81. The number of benzene rings is 3. The van der Waals surface area contributed by atoms with Crippen molar-refractivity contribution in [3.63, 3.8) is 0 Å². The molecular formula is C28H34N2O. The van der Waals surface area contributed by atoms with Crippen LogP contribution in [0.2, 0.25) is 0 Å². The van der Waals surface area contributed by atoms with Gasteiger partial charge in [0.25, 0.3) is 0 Å². The van der Waals surface area contributed by atoms with Crippen molar-refractivity contribution in [3.05, 3.63) is 77.4 Å². The van der Waals surface area contributed by atoms with Crippen LogP contribution >= 0.6 is 0 Å². The fraction of sp³-hybridized carbons (Fsp3) is 0.393. The average Bonchev–Trinajstić information content (AvgIpc) is 2.72. The summed E-state index contributed by atoms with van der Waals surface area (Å²) in [4.78, 5) is 13.0. The first-order valence-electron chi connectivity index (χ1n) is 11.6. The number of carbonyl (C=O) groups is 1. The van der Waals surface area contributed by atoms with E-state index in [9.17, 15) is 4.79 Å². The first-order chi connectivity index (χ1) is 14.9. The van der Waals surface area contributed by atoms with Crippen LogP contribution in [0.25, 0.3) is 10.8 Å². The Labute approximate surface area is 186 Å². The zero-order valence-electron chi connectivity index (χ0n) is 19.2. The van der Waals surface area contributed by atoms with Crippen LogP contribution in [-0.2, 0) is 5.41 Å². The van der Waals surface area contributed by atoms with E-state index in [2.05, 4.69) is 99.0 Å². The van der Waals surface area contributed by atoms with Crippen molar-refractivity contribution in [3.8, 4) is 0 Å². The smallest absolute Gasteiger partial charge is 0.319 e. The van der Waals surface area contributed by atoms with Gasteiger partial charge in [-0.1, -0.05) is 94.8 Å². The normalized spacial score (nSPS) is 15.2. The summed E-state index contributed by atoms with van der Waals surface area (Å²) in [6, 6.07) is 21.5. The number of nitrogens with one attached hydrogen (secondary N) is 2.